The number of allylic oxidation sites excluding steroid dienone is 2. The third-order valence-corrected chi connectivity index (χ3v) is 10.2. The highest BCUT2D eigenvalue weighted by Gasteiger charge is 2.57. The predicted octanol–water partition coefficient (Wildman–Crippen LogP) is 8.54. The topological polar surface area (TPSA) is 6.48 Å². The molecule has 0 radical (unpaired) electrons. The molecular weight excluding hydrogens is 400 g/mol. The van der Waals surface area contributed by atoms with Gasteiger partial charge in [-0.1, -0.05) is 75.6 Å². The fourth-order valence-corrected chi connectivity index (χ4v) is 8.74. The molecule has 2 heteroatoms. The van der Waals surface area contributed by atoms with E-state index in [9.17, 15) is 0 Å². The van der Waals surface area contributed by atoms with E-state index in [-0.39, 0.29) is 5.41 Å². The first-order valence-electron chi connectivity index (χ1n) is 14.3. The Kier molecular flexibility index (Phi) is 5.83. The Morgan fingerprint density at radius 1 is 0.727 bits per heavy atom. The average molecular weight is 445 g/mol. The molecular formula is C31H44N2. The van der Waals surface area contributed by atoms with Crippen molar-refractivity contribution >= 4 is 5.69 Å². The summed E-state index contributed by atoms with van der Waals surface area (Å²) in [6, 6.07) is 9.16. The van der Waals surface area contributed by atoms with Crippen molar-refractivity contribution in [3.63, 3.8) is 0 Å². The van der Waals surface area contributed by atoms with Gasteiger partial charge in [0.2, 0.25) is 0 Å². The van der Waals surface area contributed by atoms with Crippen molar-refractivity contribution in [3.05, 3.63) is 53.5 Å². The van der Waals surface area contributed by atoms with Gasteiger partial charge >= 0.3 is 0 Å². The normalized spacial score (nSPS) is 31.8. The van der Waals surface area contributed by atoms with Gasteiger partial charge in [-0.25, -0.2) is 0 Å². The lowest BCUT2D eigenvalue weighted by Crippen LogP contribution is -2.45. The van der Waals surface area contributed by atoms with Gasteiger partial charge in [-0.05, 0) is 81.8 Å². The molecule has 6 rings (SSSR count). The lowest BCUT2D eigenvalue weighted by molar-refractivity contribution is 0.111. The quantitative estimate of drug-likeness (QED) is 0.459. The highest BCUT2D eigenvalue weighted by atomic mass is 15.4. The van der Waals surface area contributed by atoms with Crippen LogP contribution in [0.5, 0.6) is 0 Å². The van der Waals surface area contributed by atoms with E-state index in [2.05, 4.69) is 60.2 Å². The minimum absolute atomic E-state index is 0.283. The number of anilines is 1. The van der Waals surface area contributed by atoms with Crippen molar-refractivity contribution in [1.82, 2.24) is 4.90 Å². The van der Waals surface area contributed by atoms with Crippen molar-refractivity contribution in [3.8, 4) is 0 Å². The number of benzene rings is 1. The molecule has 1 aromatic carbocycles. The SMILES string of the molecule is CC1=C2N(C=CC2(C2CCCCC2)C2CCCC2)C(C2CCCCC2)N1c1ccccc1C. The lowest BCUT2D eigenvalue weighted by atomic mass is 9.60. The second-order valence-electron chi connectivity index (χ2n) is 11.9. The number of aryl methyl sites for hydroxylation is 1. The molecule has 2 heterocycles. The summed E-state index contributed by atoms with van der Waals surface area (Å²) in [7, 11) is 0. The Labute approximate surface area is 202 Å². The first-order valence-corrected chi connectivity index (χ1v) is 14.3. The second kappa shape index (κ2) is 8.82. The number of hydrogen-bond donors (Lipinski definition) is 0. The van der Waals surface area contributed by atoms with Gasteiger partial charge in [-0.15, -0.1) is 0 Å². The molecule has 2 aliphatic heterocycles. The van der Waals surface area contributed by atoms with Crippen LogP contribution in [0.25, 0.3) is 0 Å². The number of nitrogens with zero attached hydrogens (tertiary/aromatic N) is 2. The van der Waals surface area contributed by atoms with E-state index in [1.54, 1.807) is 11.4 Å². The molecule has 3 aliphatic carbocycles. The van der Waals surface area contributed by atoms with E-state index in [0.717, 1.165) is 17.8 Å². The third-order valence-electron chi connectivity index (χ3n) is 10.2. The Morgan fingerprint density at radius 2 is 1.30 bits per heavy atom. The van der Waals surface area contributed by atoms with Crippen LogP contribution in [-0.4, -0.2) is 11.1 Å². The molecule has 0 N–H and O–H groups in total. The van der Waals surface area contributed by atoms with Crippen LogP contribution in [0, 0.1) is 30.1 Å². The van der Waals surface area contributed by atoms with Crippen molar-refractivity contribution in [2.24, 2.45) is 23.2 Å². The van der Waals surface area contributed by atoms with Gasteiger partial charge in [0.05, 0.1) is 0 Å². The van der Waals surface area contributed by atoms with Crippen LogP contribution >= 0.6 is 0 Å². The van der Waals surface area contributed by atoms with Gasteiger partial charge in [-0.3, -0.25) is 0 Å². The van der Waals surface area contributed by atoms with Gasteiger partial charge in [-0.2, -0.15) is 0 Å². The van der Waals surface area contributed by atoms with Gasteiger partial charge in [0.25, 0.3) is 0 Å². The van der Waals surface area contributed by atoms with Crippen LogP contribution in [0.4, 0.5) is 5.69 Å². The van der Waals surface area contributed by atoms with Crippen LogP contribution in [0.2, 0.25) is 0 Å². The summed E-state index contributed by atoms with van der Waals surface area (Å²) in [6.07, 6.45) is 25.8. The Bertz CT molecular complexity index is 911. The van der Waals surface area contributed by atoms with E-state index < -0.39 is 0 Å². The molecule has 3 fully saturated rings. The van der Waals surface area contributed by atoms with Crippen LogP contribution in [0.15, 0.2) is 47.9 Å². The highest BCUT2D eigenvalue weighted by molar-refractivity contribution is 5.63. The number of hydrogen-bond acceptors (Lipinski definition) is 2. The summed E-state index contributed by atoms with van der Waals surface area (Å²) in [5.41, 5.74) is 6.45. The fraction of sp³-hybridized carbons (Fsp3) is 0.677. The minimum Gasteiger partial charge on any atom is -0.328 e. The third kappa shape index (κ3) is 3.41. The Balaban J connectivity index is 1.49. The fourth-order valence-electron chi connectivity index (χ4n) is 8.74. The summed E-state index contributed by atoms with van der Waals surface area (Å²) >= 11 is 0. The Morgan fingerprint density at radius 3 is 1.94 bits per heavy atom. The summed E-state index contributed by atoms with van der Waals surface area (Å²) in [4.78, 5) is 5.63. The van der Waals surface area contributed by atoms with E-state index in [1.807, 2.05) is 0 Å². The molecule has 2 atom stereocenters. The summed E-state index contributed by atoms with van der Waals surface area (Å²) in [6.45, 7) is 4.80. The number of fused-ring (bicyclic) bond motifs is 1. The molecule has 33 heavy (non-hydrogen) atoms. The zero-order valence-corrected chi connectivity index (χ0v) is 21.1. The first-order chi connectivity index (χ1) is 16.2. The first kappa shape index (κ1) is 21.8. The molecule has 2 nitrogen and oxygen atoms in total. The molecule has 0 amide bonds. The minimum atomic E-state index is 0.283. The Hall–Kier alpha value is -1.70. The smallest absolute Gasteiger partial charge is 0.113 e. The lowest BCUT2D eigenvalue weighted by Gasteiger charge is -2.45. The van der Waals surface area contributed by atoms with Crippen molar-refractivity contribution in [1.29, 1.82) is 0 Å². The molecule has 178 valence electrons. The monoisotopic (exact) mass is 444 g/mol. The van der Waals surface area contributed by atoms with E-state index in [1.165, 1.54) is 101 Å². The van der Waals surface area contributed by atoms with E-state index in [4.69, 9.17) is 0 Å². The zero-order valence-electron chi connectivity index (χ0n) is 21.1. The molecule has 0 aromatic heterocycles. The maximum Gasteiger partial charge on any atom is 0.113 e. The van der Waals surface area contributed by atoms with Gasteiger partial charge in [0.15, 0.2) is 0 Å². The maximum absolute atomic E-state index is 2.82. The molecule has 1 aromatic rings. The zero-order chi connectivity index (χ0) is 22.4. The summed E-state index contributed by atoms with van der Waals surface area (Å²) in [5, 5.41) is 0. The number of rotatable bonds is 4. The van der Waals surface area contributed by atoms with E-state index >= 15 is 0 Å². The molecule has 0 spiro atoms. The van der Waals surface area contributed by atoms with Crippen LogP contribution in [-0.2, 0) is 0 Å². The predicted molar refractivity (Wildman–Crippen MR) is 139 cm³/mol. The summed E-state index contributed by atoms with van der Waals surface area (Å²) < 4.78 is 0. The van der Waals surface area contributed by atoms with Crippen molar-refractivity contribution in [2.75, 3.05) is 4.90 Å². The van der Waals surface area contributed by atoms with Crippen LogP contribution < -0.4 is 4.90 Å². The molecule has 3 saturated carbocycles. The highest BCUT2D eigenvalue weighted by Crippen LogP contribution is 2.62. The van der Waals surface area contributed by atoms with Gasteiger partial charge in [0, 0.05) is 28.7 Å². The van der Waals surface area contributed by atoms with Gasteiger partial charge < -0.3 is 9.80 Å². The van der Waals surface area contributed by atoms with E-state index in [0.29, 0.717) is 6.17 Å². The van der Waals surface area contributed by atoms with Crippen molar-refractivity contribution < 1.29 is 0 Å². The number of para-hydroxylation sites is 1. The summed E-state index contributed by atoms with van der Waals surface area (Å²) in [5.74, 6) is 2.45. The van der Waals surface area contributed by atoms with Crippen LogP contribution in [0.3, 0.4) is 0 Å². The largest absolute Gasteiger partial charge is 0.328 e. The standard InChI is InChI=1S/C31H44N2/c1-23-13-9-12-20-28(23)33-24(2)29-31(27-18-10-11-19-27,26-16-7-4-8-17-26)21-22-32(29)30(33)25-14-5-3-6-15-25/h9,12-13,20-22,25-27,30H,3-8,10-11,14-19H2,1-2H3. The molecule has 0 saturated heterocycles. The van der Waals surface area contributed by atoms with Gasteiger partial charge in [0.1, 0.15) is 6.17 Å². The second-order valence-corrected chi connectivity index (χ2v) is 11.9. The van der Waals surface area contributed by atoms with Crippen LogP contribution in [0.1, 0.15) is 102 Å². The average Bonchev–Trinajstić information content (AvgIpc) is 3.58. The molecule has 5 aliphatic rings. The maximum atomic E-state index is 2.82. The van der Waals surface area contributed by atoms with Crippen molar-refractivity contribution in [2.45, 2.75) is 110 Å². The molecule has 0 bridgehead atoms. The molecule has 2 unspecified atom stereocenters.